The fourth-order valence-corrected chi connectivity index (χ4v) is 2.86. The van der Waals surface area contributed by atoms with Crippen LogP contribution in [0.4, 0.5) is 4.39 Å². The fraction of sp³-hybridized carbons (Fsp3) is 0.214. The Kier molecular flexibility index (Phi) is 4.77. The number of aromatic carboxylic acids is 1. The van der Waals surface area contributed by atoms with Crippen LogP contribution in [0.2, 0.25) is 0 Å². The molecule has 1 heterocycles. The first kappa shape index (κ1) is 15.0. The Morgan fingerprint density at radius 3 is 2.80 bits per heavy atom. The molecule has 0 atom stereocenters. The lowest BCUT2D eigenvalue weighted by Gasteiger charge is -2.06. The predicted molar refractivity (Wildman–Crippen MR) is 79.1 cm³/mol. The predicted octanol–water partition coefficient (Wildman–Crippen LogP) is 4.49. The lowest BCUT2D eigenvalue weighted by molar-refractivity contribution is 0.0697. The number of thiophene rings is 1. The summed E-state index contributed by atoms with van der Waals surface area (Å²) in [6.07, 6.45) is 0.737. The van der Waals surface area contributed by atoms with E-state index in [4.69, 9.17) is 9.84 Å². The van der Waals surface area contributed by atoms with Crippen molar-refractivity contribution >= 4 is 33.2 Å². The molecule has 1 aromatic carbocycles. The van der Waals surface area contributed by atoms with E-state index in [0.717, 1.165) is 11.3 Å². The topological polar surface area (TPSA) is 46.5 Å². The molecule has 20 heavy (non-hydrogen) atoms. The first-order chi connectivity index (χ1) is 9.51. The molecule has 1 aromatic heterocycles. The number of ether oxygens (including phenoxy) is 1. The van der Waals surface area contributed by atoms with Crippen LogP contribution in [0.15, 0.2) is 28.7 Å². The molecule has 6 heteroatoms. The monoisotopic (exact) mass is 358 g/mol. The summed E-state index contributed by atoms with van der Waals surface area (Å²) in [6, 6.07) is 6.37. The van der Waals surface area contributed by atoms with Crippen molar-refractivity contribution in [3.63, 3.8) is 0 Å². The van der Waals surface area contributed by atoms with E-state index in [1.54, 1.807) is 18.2 Å². The fourth-order valence-electron chi connectivity index (χ4n) is 1.65. The van der Waals surface area contributed by atoms with Crippen LogP contribution >= 0.6 is 27.3 Å². The van der Waals surface area contributed by atoms with E-state index in [9.17, 15) is 9.18 Å². The zero-order valence-corrected chi connectivity index (χ0v) is 13.1. The summed E-state index contributed by atoms with van der Waals surface area (Å²) >= 11 is 4.36. The first-order valence-electron chi connectivity index (χ1n) is 5.94. The van der Waals surface area contributed by atoms with E-state index in [-0.39, 0.29) is 17.3 Å². The van der Waals surface area contributed by atoms with Crippen molar-refractivity contribution in [1.29, 1.82) is 0 Å². The van der Waals surface area contributed by atoms with Gasteiger partial charge in [0, 0.05) is 14.9 Å². The number of carboxylic acid groups (broad SMARTS) is 1. The summed E-state index contributed by atoms with van der Waals surface area (Å²) in [4.78, 5) is 12.2. The van der Waals surface area contributed by atoms with Crippen LogP contribution in [-0.4, -0.2) is 11.1 Å². The van der Waals surface area contributed by atoms with Crippen LogP contribution in [0, 0.1) is 5.82 Å². The number of hydrogen-bond donors (Lipinski definition) is 1. The van der Waals surface area contributed by atoms with Crippen molar-refractivity contribution in [2.75, 3.05) is 0 Å². The van der Waals surface area contributed by atoms with Gasteiger partial charge in [-0.2, -0.15) is 0 Å². The number of aryl methyl sites for hydroxylation is 1. The zero-order chi connectivity index (χ0) is 14.7. The van der Waals surface area contributed by atoms with Gasteiger partial charge >= 0.3 is 5.97 Å². The standard InChI is InChI=1S/C14H12BrFO3S/c1-2-10-6-12(13(20-10)14(17)18)19-7-8-3-4-9(15)5-11(8)16/h3-6H,2,7H2,1H3,(H,17,18). The van der Waals surface area contributed by atoms with E-state index in [2.05, 4.69) is 15.9 Å². The maximum Gasteiger partial charge on any atom is 0.349 e. The molecule has 0 aliphatic carbocycles. The van der Waals surface area contributed by atoms with E-state index < -0.39 is 5.97 Å². The van der Waals surface area contributed by atoms with E-state index in [1.165, 1.54) is 17.4 Å². The Morgan fingerprint density at radius 2 is 2.20 bits per heavy atom. The third-order valence-electron chi connectivity index (χ3n) is 2.69. The van der Waals surface area contributed by atoms with Crippen LogP contribution < -0.4 is 4.74 Å². The van der Waals surface area contributed by atoms with Gasteiger partial charge in [0.2, 0.25) is 0 Å². The van der Waals surface area contributed by atoms with Crippen LogP contribution in [0.5, 0.6) is 5.75 Å². The molecule has 0 amide bonds. The minimum Gasteiger partial charge on any atom is -0.487 e. The molecule has 0 aliphatic heterocycles. The van der Waals surface area contributed by atoms with Gasteiger partial charge in [0.15, 0.2) is 4.88 Å². The average molecular weight is 359 g/mol. The number of rotatable bonds is 5. The van der Waals surface area contributed by atoms with Crippen molar-refractivity contribution in [2.24, 2.45) is 0 Å². The maximum absolute atomic E-state index is 13.7. The highest BCUT2D eigenvalue weighted by Crippen LogP contribution is 2.30. The molecule has 0 bridgehead atoms. The van der Waals surface area contributed by atoms with Crippen molar-refractivity contribution < 1.29 is 19.0 Å². The van der Waals surface area contributed by atoms with Gasteiger partial charge in [-0.3, -0.25) is 0 Å². The summed E-state index contributed by atoms with van der Waals surface area (Å²) in [6.45, 7) is 1.94. The number of hydrogen-bond acceptors (Lipinski definition) is 3. The second-order valence-corrected chi connectivity index (χ2v) is 6.14. The molecule has 3 nitrogen and oxygen atoms in total. The molecule has 1 N–H and O–H groups in total. The molecule has 0 saturated carbocycles. The second kappa shape index (κ2) is 6.37. The lowest BCUT2D eigenvalue weighted by atomic mass is 10.2. The normalized spacial score (nSPS) is 10.6. The van der Waals surface area contributed by atoms with Gasteiger partial charge in [0.1, 0.15) is 18.2 Å². The van der Waals surface area contributed by atoms with E-state index in [1.807, 2.05) is 6.92 Å². The highest BCUT2D eigenvalue weighted by Gasteiger charge is 2.16. The average Bonchev–Trinajstić information content (AvgIpc) is 2.81. The van der Waals surface area contributed by atoms with Crippen LogP contribution in [0.3, 0.4) is 0 Å². The van der Waals surface area contributed by atoms with Crippen molar-refractivity contribution in [3.05, 3.63) is 49.9 Å². The van der Waals surface area contributed by atoms with Crippen molar-refractivity contribution in [2.45, 2.75) is 20.0 Å². The van der Waals surface area contributed by atoms with Gasteiger partial charge in [-0.1, -0.05) is 28.9 Å². The van der Waals surface area contributed by atoms with Gasteiger partial charge in [0.25, 0.3) is 0 Å². The quantitative estimate of drug-likeness (QED) is 0.856. The lowest BCUT2D eigenvalue weighted by Crippen LogP contribution is -2.01. The van der Waals surface area contributed by atoms with Gasteiger partial charge in [-0.15, -0.1) is 11.3 Å². The molecule has 106 valence electrons. The smallest absolute Gasteiger partial charge is 0.349 e. The Balaban J connectivity index is 2.18. The first-order valence-corrected chi connectivity index (χ1v) is 7.55. The Labute approximate surface area is 128 Å². The van der Waals surface area contributed by atoms with Gasteiger partial charge in [-0.25, -0.2) is 9.18 Å². The summed E-state index contributed by atoms with van der Waals surface area (Å²) < 4.78 is 19.8. The third kappa shape index (κ3) is 3.37. The summed E-state index contributed by atoms with van der Waals surface area (Å²) in [5, 5.41) is 9.11. The highest BCUT2D eigenvalue weighted by molar-refractivity contribution is 9.10. The molecule has 0 unspecified atom stereocenters. The minimum atomic E-state index is -1.03. The van der Waals surface area contributed by atoms with Crippen LogP contribution in [0.25, 0.3) is 0 Å². The van der Waals surface area contributed by atoms with Crippen molar-refractivity contribution in [3.8, 4) is 5.75 Å². The molecular weight excluding hydrogens is 347 g/mol. The summed E-state index contributed by atoms with van der Waals surface area (Å²) in [5.74, 6) is -1.12. The number of halogens is 2. The molecule has 0 radical (unpaired) electrons. The van der Waals surface area contributed by atoms with Crippen LogP contribution in [-0.2, 0) is 13.0 Å². The van der Waals surface area contributed by atoms with Gasteiger partial charge in [-0.05, 0) is 24.6 Å². The van der Waals surface area contributed by atoms with E-state index in [0.29, 0.717) is 15.8 Å². The number of carbonyl (C=O) groups is 1. The third-order valence-corrected chi connectivity index (χ3v) is 4.43. The molecule has 0 spiro atoms. The van der Waals surface area contributed by atoms with Gasteiger partial charge < -0.3 is 9.84 Å². The maximum atomic E-state index is 13.7. The number of benzene rings is 1. The molecular formula is C14H12BrFO3S. The van der Waals surface area contributed by atoms with Crippen molar-refractivity contribution in [1.82, 2.24) is 0 Å². The molecule has 2 rings (SSSR count). The molecule has 0 saturated heterocycles. The molecule has 0 fully saturated rings. The second-order valence-electron chi connectivity index (χ2n) is 4.09. The number of carboxylic acids is 1. The highest BCUT2D eigenvalue weighted by atomic mass is 79.9. The SMILES string of the molecule is CCc1cc(OCc2ccc(Br)cc2F)c(C(=O)O)s1. The Hall–Kier alpha value is -1.40. The Morgan fingerprint density at radius 1 is 1.45 bits per heavy atom. The van der Waals surface area contributed by atoms with E-state index >= 15 is 0 Å². The van der Waals surface area contributed by atoms with Gasteiger partial charge in [0.05, 0.1) is 0 Å². The minimum absolute atomic E-state index is 0.000713. The molecule has 2 aromatic rings. The Bertz CT molecular complexity index is 639. The zero-order valence-electron chi connectivity index (χ0n) is 10.7. The molecule has 0 aliphatic rings. The summed E-state index contributed by atoms with van der Waals surface area (Å²) in [5.41, 5.74) is 0.383. The van der Waals surface area contributed by atoms with Crippen LogP contribution in [0.1, 0.15) is 27.0 Å². The largest absolute Gasteiger partial charge is 0.487 e. The summed E-state index contributed by atoms with van der Waals surface area (Å²) in [7, 11) is 0.